The van der Waals surface area contributed by atoms with Crippen LogP contribution < -0.4 is 0 Å². The fraction of sp³-hybridized carbons (Fsp3) is 0.333. The van der Waals surface area contributed by atoms with Crippen LogP contribution in [0.2, 0.25) is 0 Å². The third-order valence-corrected chi connectivity index (χ3v) is 3.52. The molecule has 5 heteroatoms. The van der Waals surface area contributed by atoms with Crippen molar-refractivity contribution in [2.45, 2.75) is 18.8 Å². The lowest BCUT2D eigenvalue weighted by Crippen LogP contribution is -2.03. The summed E-state index contributed by atoms with van der Waals surface area (Å²) in [5.41, 5.74) is 2.56. The molecule has 0 aliphatic heterocycles. The molecule has 1 fully saturated rings. The smallest absolute Gasteiger partial charge is 0.338 e. The van der Waals surface area contributed by atoms with Gasteiger partial charge in [-0.1, -0.05) is 0 Å². The van der Waals surface area contributed by atoms with Crippen LogP contribution in [-0.4, -0.2) is 22.7 Å². The highest BCUT2D eigenvalue weighted by atomic mass is 79.9. The molecule has 1 aliphatic rings. The highest BCUT2D eigenvalue weighted by Gasteiger charge is 2.26. The Morgan fingerprint density at radius 2 is 2.24 bits per heavy atom. The average molecular weight is 295 g/mol. The Morgan fingerprint density at radius 1 is 1.47 bits per heavy atom. The summed E-state index contributed by atoms with van der Waals surface area (Å²) in [5, 5.41) is 4.52. The molecule has 0 spiro atoms. The van der Waals surface area contributed by atoms with Gasteiger partial charge in [-0.05, 0) is 47.0 Å². The van der Waals surface area contributed by atoms with Crippen molar-refractivity contribution in [2.75, 3.05) is 7.11 Å². The second-order valence-electron chi connectivity index (χ2n) is 4.24. The maximum Gasteiger partial charge on any atom is 0.338 e. The Kier molecular flexibility index (Phi) is 2.43. The summed E-state index contributed by atoms with van der Waals surface area (Å²) in [7, 11) is 1.38. The largest absolute Gasteiger partial charge is 0.465 e. The van der Waals surface area contributed by atoms with Gasteiger partial charge < -0.3 is 4.74 Å². The van der Waals surface area contributed by atoms with Crippen molar-refractivity contribution in [3.63, 3.8) is 0 Å². The number of methoxy groups -OCH3 is 1. The molecule has 0 amide bonds. The molecule has 0 aromatic carbocycles. The molecule has 2 aromatic heterocycles. The summed E-state index contributed by atoms with van der Waals surface area (Å²) < 4.78 is 7.29. The number of pyridine rings is 1. The minimum atomic E-state index is -0.331. The summed E-state index contributed by atoms with van der Waals surface area (Å²) in [6, 6.07) is 5.56. The molecule has 0 atom stereocenters. The second-order valence-corrected chi connectivity index (χ2v) is 5.05. The van der Waals surface area contributed by atoms with E-state index in [2.05, 4.69) is 21.0 Å². The van der Waals surface area contributed by atoms with E-state index in [9.17, 15) is 4.79 Å². The van der Waals surface area contributed by atoms with Gasteiger partial charge in [-0.15, -0.1) is 0 Å². The minimum Gasteiger partial charge on any atom is -0.465 e. The zero-order valence-electron chi connectivity index (χ0n) is 9.31. The summed E-state index contributed by atoms with van der Waals surface area (Å²) >= 11 is 3.42. The third-order valence-electron chi connectivity index (χ3n) is 2.95. The molecule has 1 saturated carbocycles. The predicted octanol–water partition coefficient (Wildman–Crippen LogP) is 2.76. The van der Waals surface area contributed by atoms with Gasteiger partial charge in [0.15, 0.2) is 0 Å². The van der Waals surface area contributed by atoms with Crippen molar-refractivity contribution < 1.29 is 9.53 Å². The lowest BCUT2D eigenvalue weighted by Gasteiger charge is -2.02. The maximum absolute atomic E-state index is 11.5. The summed E-state index contributed by atoms with van der Waals surface area (Å²) in [4.78, 5) is 11.5. The zero-order valence-corrected chi connectivity index (χ0v) is 10.9. The first kappa shape index (κ1) is 10.8. The molecule has 0 bridgehead atoms. The van der Waals surface area contributed by atoms with Gasteiger partial charge in [0.1, 0.15) is 4.60 Å². The molecule has 0 radical (unpaired) electrons. The van der Waals surface area contributed by atoms with Gasteiger partial charge in [0.2, 0.25) is 0 Å². The predicted molar refractivity (Wildman–Crippen MR) is 66.2 cm³/mol. The number of esters is 1. The Morgan fingerprint density at radius 3 is 2.88 bits per heavy atom. The first-order valence-corrected chi connectivity index (χ1v) is 6.26. The van der Waals surface area contributed by atoms with Gasteiger partial charge in [-0.2, -0.15) is 5.10 Å². The number of rotatable bonds is 2. The standard InChI is InChI=1S/C12H11BrN2O2/c1-17-12(16)8-4-9-6-10(7-2-3-7)14-15(9)11(13)5-8/h4-7H,2-3H2,1H3. The third kappa shape index (κ3) is 1.84. The van der Waals surface area contributed by atoms with E-state index in [1.54, 1.807) is 16.6 Å². The van der Waals surface area contributed by atoms with Gasteiger partial charge in [-0.3, -0.25) is 0 Å². The summed E-state index contributed by atoms with van der Waals surface area (Å²) in [6.45, 7) is 0. The molecule has 2 heterocycles. The molecule has 1 aliphatic carbocycles. The summed E-state index contributed by atoms with van der Waals surface area (Å²) in [6.07, 6.45) is 2.43. The van der Waals surface area contributed by atoms with E-state index in [0.29, 0.717) is 11.5 Å². The van der Waals surface area contributed by atoms with Crippen LogP contribution >= 0.6 is 15.9 Å². The number of carbonyl (C=O) groups excluding carboxylic acids is 1. The van der Waals surface area contributed by atoms with Crippen molar-refractivity contribution in [1.29, 1.82) is 0 Å². The quantitative estimate of drug-likeness (QED) is 0.632. The first-order valence-electron chi connectivity index (χ1n) is 5.46. The second kappa shape index (κ2) is 3.84. The van der Waals surface area contributed by atoms with Gasteiger partial charge >= 0.3 is 5.97 Å². The molecule has 2 aromatic rings. The van der Waals surface area contributed by atoms with Crippen LogP contribution in [0.25, 0.3) is 5.52 Å². The number of fused-ring (bicyclic) bond motifs is 1. The average Bonchev–Trinajstić information content (AvgIpc) is 3.08. The van der Waals surface area contributed by atoms with Crippen LogP contribution in [0.1, 0.15) is 34.8 Å². The topological polar surface area (TPSA) is 43.6 Å². The molecular formula is C12H11BrN2O2. The number of carbonyl (C=O) groups is 1. The minimum absolute atomic E-state index is 0.331. The van der Waals surface area contributed by atoms with E-state index >= 15 is 0 Å². The molecule has 0 saturated heterocycles. The molecule has 17 heavy (non-hydrogen) atoms. The normalized spacial score (nSPS) is 15.2. The Hall–Kier alpha value is -1.36. The maximum atomic E-state index is 11.5. The lowest BCUT2D eigenvalue weighted by molar-refractivity contribution is 0.0600. The van der Waals surface area contributed by atoms with E-state index in [0.717, 1.165) is 15.8 Å². The molecule has 0 unspecified atom stereocenters. The molecule has 3 rings (SSSR count). The van der Waals surface area contributed by atoms with Gasteiger partial charge in [-0.25, -0.2) is 9.31 Å². The van der Waals surface area contributed by atoms with E-state index in [4.69, 9.17) is 4.74 Å². The van der Waals surface area contributed by atoms with Crippen LogP contribution in [0.4, 0.5) is 0 Å². The SMILES string of the molecule is COC(=O)c1cc(Br)n2nc(C3CC3)cc2c1. The van der Waals surface area contributed by atoms with Crippen LogP contribution in [-0.2, 0) is 4.74 Å². The lowest BCUT2D eigenvalue weighted by atomic mass is 10.2. The van der Waals surface area contributed by atoms with Gasteiger partial charge in [0, 0.05) is 5.92 Å². The number of ether oxygens (including phenoxy) is 1. The number of hydrogen-bond donors (Lipinski definition) is 0. The van der Waals surface area contributed by atoms with Crippen molar-refractivity contribution in [3.8, 4) is 0 Å². The molecule has 4 nitrogen and oxygen atoms in total. The highest BCUT2D eigenvalue weighted by Crippen LogP contribution is 2.39. The first-order chi connectivity index (χ1) is 8.19. The van der Waals surface area contributed by atoms with Crippen molar-refractivity contribution in [3.05, 3.63) is 34.1 Å². The number of halogens is 1. The number of hydrogen-bond acceptors (Lipinski definition) is 3. The summed E-state index contributed by atoms with van der Waals surface area (Å²) in [5.74, 6) is 0.269. The Labute approximate surface area is 107 Å². The van der Waals surface area contributed by atoms with Crippen LogP contribution in [0.5, 0.6) is 0 Å². The monoisotopic (exact) mass is 294 g/mol. The van der Waals surface area contributed by atoms with Crippen LogP contribution in [0, 0.1) is 0 Å². The highest BCUT2D eigenvalue weighted by molar-refractivity contribution is 9.10. The zero-order chi connectivity index (χ0) is 12.0. The van der Waals surface area contributed by atoms with Gasteiger partial charge in [0.05, 0.1) is 23.9 Å². The fourth-order valence-corrected chi connectivity index (χ4v) is 2.42. The van der Waals surface area contributed by atoms with E-state index in [1.165, 1.54) is 20.0 Å². The van der Waals surface area contributed by atoms with Crippen molar-refractivity contribution >= 4 is 27.4 Å². The number of nitrogens with zero attached hydrogens (tertiary/aromatic N) is 2. The van der Waals surface area contributed by atoms with Crippen molar-refractivity contribution in [1.82, 2.24) is 9.61 Å². The molecule has 0 N–H and O–H groups in total. The number of aromatic nitrogens is 2. The van der Waals surface area contributed by atoms with Crippen LogP contribution in [0.15, 0.2) is 22.8 Å². The van der Waals surface area contributed by atoms with Crippen molar-refractivity contribution in [2.24, 2.45) is 0 Å². The molecular weight excluding hydrogens is 284 g/mol. The van der Waals surface area contributed by atoms with E-state index in [1.807, 2.05) is 6.07 Å². The Balaban J connectivity index is 2.14. The van der Waals surface area contributed by atoms with Crippen LogP contribution in [0.3, 0.4) is 0 Å². The van der Waals surface area contributed by atoms with Gasteiger partial charge in [0.25, 0.3) is 0 Å². The molecule has 88 valence electrons. The fourth-order valence-electron chi connectivity index (χ4n) is 1.89. The van der Waals surface area contributed by atoms with E-state index < -0.39 is 0 Å². The Bertz CT molecular complexity index is 602. The van der Waals surface area contributed by atoms with E-state index in [-0.39, 0.29) is 5.97 Å².